The monoisotopic (exact) mass is 377 g/mol. The zero-order valence-corrected chi connectivity index (χ0v) is 16.2. The van der Waals surface area contributed by atoms with Crippen LogP contribution in [0.4, 0.5) is 5.69 Å². The van der Waals surface area contributed by atoms with E-state index in [1.165, 1.54) is 5.56 Å². The van der Waals surface area contributed by atoms with Crippen LogP contribution in [0.3, 0.4) is 0 Å². The van der Waals surface area contributed by atoms with Crippen LogP contribution >= 0.6 is 0 Å². The molecule has 1 unspecified atom stereocenters. The second kappa shape index (κ2) is 9.03. The Labute approximate surface area is 172 Å². The number of anilines is 1. The first-order valence-corrected chi connectivity index (χ1v) is 9.87. The Balaban J connectivity index is 1.80. The standard InChI is InChI=1S/C27H23NO/c29-27-18-10-15-24(23-13-6-2-7-14-23)21-26(20-19-22-11-4-1-5-12-22)28(27)25-16-8-3-9-17-25/h1-14,16-21,24H,15H2/b18-10-,20-19+,26-21-. The van der Waals surface area contributed by atoms with Gasteiger partial charge in [-0.3, -0.25) is 9.69 Å². The number of benzene rings is 3. The number of hydrogen-bond donors (Lipinski definition) is 0. The molecule has 0 radical (unpaired) electrons. The van der Waals surface area contributed by atoms with Gasteiger partial charge in [-0.25, -0.2) is 0 Å². The van der Waals surface area contributed by atoms with E-state index in [0.29, 0.717) is 0 Å². The van der Waals surface area contributed by atoms with Gasteiger partial charge in [0.2, 0.25) is 0 Å². The first-order valence-electron chi connectivity index (χ1n) is 9.87. The van der Waals surface area contributed by atoms with Crippen molar-refractivity contribution in [3.63, 3.8) is 0 Å². The molecule has 0 spiro atoms. The second-order valence-corrected chi connectivity index (χ2v) is 7.00. The van der Waals surface area contributed by atoms with Crippen LogP contribution in [0, 0.1) is 0 Å². The van der Waals surface area contributed by atoms with E-state index >= 15 is 0 Å². The van der Waals surface area contributed by atoms with Crippen LogP contribution < -0.4 is 4.90 Å². The lowest BCUT2D eigenvalue weighted by atomic mass is 9.93. The van der Waals surface area contributed by atoms with E-state index in [-0.39, 0.29) is 11.8 Å². The molecule has 142 valence electrons. The highest BCUT2D eigenvalue weighted by Gasteiger charge is 2.20. The number of hydrogen-bond acceptors (Lipinski definition) is 1. The summed E-state index contributed by atoms with van der Waals surface area (Å²) in [6.07, 6.45) is 10.7. The molecule has 3 aromatic rings. The van der Waals surface area contributed by atoms with Crippen molar-refractivity contribution in [3.8, 4) is 0 Å². The van der Waals surface area contributed by atoms with Gasteiger partial charge in [-0.15, -0.1) is 0 Å². The van der Waals surface area contributed by atoms with Crippen molar-refractivity contribution in [1.82, 2.24) is 0 Å². The molecule has 0 aliphatic carbocycles. The normalized spacial score (nSPS) is 20.0. The van der Waals surface area contributed by atoms with E-state index in [2.05, 4.69) is 48.6 Å². The summed E-state index contributed by atoms with van der Waals surface area (Å²) in [5.41, 5.74) is 4.08. The second-order valence-electron chi connectivity index (χ2n) is 7.00. The molecule has 1 aliphatic rings. The van der Waals surface area contributed by atoms with Gasteiger partial charge >= 0.3 is 0 Å². The lowest BCUT2D eigenvalue weighted by Crippen LogP contribution is -2.29. The molecule has 4 rings (SSSR count). The van der Waals surface area contributed by atoms with Gasteiger partial charge in [0.1, 0.15) is 0 Å². The molecule has 2 heteroatoms. The number of rotatable bonds is 4. The third-order valence-electron chi connectivity index (χ3n) is 4.99. The average molecular weight is 377 g/mol. The van der Waals surface area contributed by atoms with Gasteiger partial charge in [-0.2, -0.15) is 0 Å². The van der Waals surface area contributed by atoms with Gasteiger partial charge in [0, 0.05) is 17.3 Å². The largest absolute Gasteiger partial charge is 0.278 e. The minimum absolute atomic E-state index is 0.0355. The van der Waals surface area contributed by atoms with Gasteiger partial charge in [0.25, 0.3) is 5.91 Å². The molecule has 2 nitrogen and oxygen atoms in total. The maximum absolute atomic E-state index is 13.0. The number of para-hydroxylation sites is 1. The summed E-state index contributed by atoms with van der Waals surface area (Å²) in [6.45, 7) is 0. The minimum Gasteiger partial charge on any atom is -0.278 e. The van der Waals surface area contributed by atoms with E-state index < -0.39 is 0 Å². The molecule has 0 N–H and O–H groups in total. The number of nitrogens with zero attached hydrogens (tertiary/aromatic N) is 1. The predicted octanol–water partition coefficient (Wildman–Crippen LogP) is 6.36. The zero-order chi connectivity index (χ0) is 19.9. The maximum atomic E-state index is 13.0. The van der Waals surface area contributed by atoms with Crippen molar-refractivity contribution in [2.24, 2.45) is 0 Å². The Kier molecular flexibility index (Phi) is 5.82. The highest BCUT2D eigenvalue weighted by Crippen LogP contribution is 2.30. The molecule has 0 bridgehead atoms. The molecule has 0 aromatic heterocycles. The topological polar surface area (TPSA) is 20.3 Å². The SMILES string of the molecule is O=C1/C=C\CC(c2ccccc2)/C=C(/C=C/c2ccccc2)N1c1ccccc1. The van der Waals surface area contributed by atoms with E-state index in [9.17, 15) is 4.79 Å². The molecule has 0 saturated carbocycles. The van der Waals surface area contributed by atoms with Crippen LogP contribution in [0.1, 0.15) is 23.5 Å². The number of allylic oxidation sites excluding steroid dienone is 3. The third-order valence-corrected chi connectivity index (χ3v) is 4.99. The average Bonchev–Trinajstić information content (AvgIpc) is 2.77. The van der Waals surface area contributed by atoms with Gasteiger partial charge in [0.05, 0.1) is 0 Å². The van der Waals surface area contributed by atoms with Crippen molar-refractivity contribution < 1.29 is 4.79 Å². The molecule has 1 heterocycles. The highest BCUT2D eigenvalue weighted by molar-refractivity contribution is 6.04. The van der Waals surface area contributed by atoms with Crippen molar-refractivity contribution in [2.75, 3.05) is 4.90 Å². The predicted molar refractivity (Wildman–Crippen MR) is 120 cm³/mol. The Bertz CT molecular complexity index is 1030. The number of carbonyl (C=O) groups is 1. The molecule has 3 aromatic carbocycles. The summed E-state index contributed by atoms with van der Waals surface area (Å²) in [4.78, 5) is 14.8. The summed E-state index contributed by atoms with van der Waals surface area (Å²) < 4.78 is 0. The van der Waals surface area contributed by atoms with Crippen LogP contribution in [0.2, 0.25) is 0 Å². The molecule has 1 amide bonds. The summed E-state index contributed by atoms with van der Waals surface area (Å²) >= 11 is 0. The molecule has 0 saturated heterocycles. The Morgan fingerprint density at radius 3 is 2.07 bits per heavy atom. The first-order chi connectivity index (χ1) is 14.3. The van der Waals surface area contributed by atoms with Crippen LogP contribution in [0.15, 0.2) is 121 Å². The van der Waals surface area contributed by atoms with E-state index in [1.807, 2.05) is 66.7 Å². The fourth-order valence-electron chi connectivity index (χ4n) is 3.53. The summed E-state index contributed by atoms with van der Waals surface area (Å²) in [6, 6.07) is 30.4. The fraction of sp³-hybridized carbons (Fsp3) is 0.0741. The molecular formula is C27H23NO. The quantitative estimate of drug-likeness (QED) is 0.518. The minimum atomic E-state index is -0.0355. The fourth-order valence-corrected chi connectivity index (χ4v) is 3.53. The van der Waals surface area contributed by atoms with Crippen LogP contribution in [-0.2, 0) is 4.79 Å². The van der Waals surface area contributed by atoms with Gasteiger partial charge in [0.15, 0.2) is 0 Å². The molecular weight excluding hydrogens is 354 g/mol. The summed E-state index contributed by atoms with van der Waals surface area (Å²) in [5, 5.41) is 0. The van der Waals surface area contributed by atoms with E-state index in [4.69, 9.17) is 0 Å². The number of carbonyl (C=O) groups excluding carboxylic acids is 1. The summed E-state index contributed by atoms with van der Waals surface area (Å²) in [5.74, 6) is 0.161. The molecule has 1 aliphatic heterocycles. The maximum Gasteiger partial charge on any atom is 0.255 e. The third kappa shape index (κ3) is 4.61. The van der Waals surface area contributed by atoms with Gasteiger partial charge in [-0.05, 0) is 41.8 Å². The smallest absolute Gasteiger partial charge is 0.255 e. The van der Waals surface area contributed by atoms with Crippen molar-refractivity contribution in [3.05, 3.63) is 132 Å². The van der Waals surface area contributed by atoms with Crippen molar-refractivity contribution >= 4 is 17.7 Å². The molecule has 1 atom stereocenters. The zero-order valence-electron chi connectivity index (χ0n) is 16.2. The number of amides is 1. The molecule has 29 heavy (non-hydrogen) atoms. The van der Waals surface area contributed by atoms with Crippen LogP contribution in [0.25, 0.3) is 6.08 Å². The summed E-state index contributed by atoms with van der Waals surface area (Å²) in [7, 11) is 0. The lowest BCUT2D eigenvalue weighted by Gasteiger charge is -2.26. The van der Waals surface area contributed by atoms with Gasteiger partial charge < -0.3 is 0 Å². The Hall–Kier alpha value is -3.65. The highest BCUT2D eigenvalue weighted by atomic mass is 16.2. The van der Waals surface area contributed by atoms with Crippen LogP contribution in [0.5, 0.6) is 0 Å². The Morgan fingerprint density at radius 2 is 1.38 bits per heavy atom. The molecule has 0 fully saturated rings. The van der Waals surface area contributed by atoms with Crippen molar-refractivity contribution in [2.45, 2.75) is 12.3 Å². The van der Waals surface area contributed by atoms with Crippen molar-refractivity contribution in [1.29, 1.82) is 0 Å². The first kappa shape index (κ1) is 18.7. The van der Waals surface area contributed by atoms with Crippen LogP contribution in [-0.4, -0.2) is 5.91 Å². The van der Waals surface area contributed by atoms with E-state index in [1.54, 1.807) is 11.0 Å². The van der Waals surface area contributed by atoms with Gasteiger partial charge in [-0.1, -0.05) is 97.1 Å². The lowest BCUT2D eigenvalue weighted by molar-refractivity contribution is -0.113. The van der Waals surface area contributed by atoms with E-state index in [0.717, 1.165) is 23.4 Å². The Morgan fingerprint density at radius 1 is 0.759 bits per heavy atom.